The van der Waals surface area contributed by atoms with Gasteiger partial charge in [0, 0.05) is 5.69 Å². The molecule has 0 aromatic heterocycles. The minimum atomic E-state index is -0.335. The normalized spacial score (nSPS) is 13.9. The third-order valence-electron chi connectivity index (χ3n) is 5.98. The van der Waals surface area contributed by atoms with Crippen molar-refractivity contribution in [2.45, 2.75) is 41.5 Å². The molecule has 3 aromatic carbocycles. The SMILES string of the molecule is Cc1ccc(NC2=C(c3ccc(C)cc3C)C(=O)N(c3cc(C)ccc3C)C2=O)c(C)c1. The first-order valence-corrected chi connectivity index (χ1v) is 10.8. The van der Waals surface area contributed by atoms with Gasteiger partial charge in [-0.05, 0) is 81.5 Å². The number of hydrogen-bond acceptors (Lipinski definition) is 3. The van der Waals surface area contributed by atoms with Crippen LogP contribution >= 0.6 is 0 Å². The molecule has 0 saturated carbocycles. The Bertz CT molecular complexity index is 1300. The number of nitrogens with zero attached hydrogens (tertiary/aromatic N) is 1. The molecule has 1 aliphatic rings. The topological polar surface area (TPSA) is 49.4 Å². The Morgan fingerprint density at radius 3 is 1.88 bits per heavy atom. The van der Waals surface area contributed by atoms with E-state index in [1.54, 1.807) is 0 Å². The molecule has 1 aliphatic heterocycles. The van der Waals surface area contributed by atoms with E-state index in [0.29, 0.717) is 17.0 Å². The van der Waals surface area contributed by atoms with Crippen LogP contribution in [0.2, 0.25) is 0 Å². The largest absolute Gasteiger partial charge is 0.350 e. The number of benzene rings is 3. The van der Waals surface area contributed by atoms with E-state index < -0.39 is 0 Å². The third kappa shape index (κ3) is 3.73. The lowest BCUT2D eigenvalue weighted by molar-refractivity contribution is -0.120. The summed E-state index contributed by atoms with van der Waals surface area (Å²) in [6.07, 6.45) is 0. The standard InChI is InChI=1S/C28H28N2O2/c1-16-8-11-22(20(5)13-16)25-26(29-23-12-9-17(2)14-21(23)6)28(32)30(27(25)31)24-15-18(3)7-10-19(24)4/h7-15,29H,1-6H3. The molecule has 3 aromatic rings. The highest BCUT2D eigenvalue weighted by molar-refractivity contribution is 6.46. The van der Waals surface area contributed by atoms with Gasteiger partial charge in [0.25, 0.3) is 11.8 Å². The molecule has 4 nitrogen and oxygen atoms in total. The molecule has 0 spiro atoms. The van der Waals surface area contributed by atoms with Crippen molar-refractivity contribution in [2.75, 3.05) is 10.2 Å². The van der Waals surface area contributed by atoms with Crippen LogP contribution in [0.25, 0.3) is 5.57 Å². The monoisotopic (exact) mass is 424 g/mol. The van der Waals surface area contributed by atoms with Crippen molar-refractivity contribution < 1.29 is 9.59 Å². The Hall–Kier alpha value is -3.66. The summed E-state index contributed by atoms with van der Waals surface area (Å²) in [7, 11) is 0. The molecule has 0 bridgehead atoms. The van der Waals surface area contributed by atoms with Crippen LogP contribution in [0, 0.1) is 41.5 Å². The summed E-state index contributed by atoms with van der Waals surface area (Å²) in [5, 5.41) is 3.31. The molecular weight excluding hydrogens is 396 g/mol. The number of rotatable bonds is 4. The van der Waals surface area contributed by atoms with Crippen molar-refractivity contribution in [3.05, 3.63) is 99.2 Å². The average molecular weight is 425 g/mol. The van der Waals surface area contributed by atoms with E-state index in [2.05, 4.69) is 11.4 Å². The minimum absolute atomic E-state index is 0.303. The first-order chi connectivity index (χ1) is 15.2. The van der Waals surface area contributed by atoms with Crippen LogP contribution in [-0.2, 0) is 9.59 Å². The molecule has 0 saturated heterocycles. The summed E-state index contributed by atoms with van der Waals surface area (Å²) in [6.45, 7) is 11.9. The maximum absolute atomic E-state index is 13.8. The highest BCUT2D eigenvalue weighted by Gasteiger charge is 2.41. The first kappa shape index (κ1) is 21.6. The van der Waals surface area contributed by atoms with Gasteiger partial charge in [0.2, 0.25) is 0 Å². The van der Waals surface area contributed by atoms with Crippen molar-refractivity contribution in [3.8, 4) is 0 Å². The van der Waals surface area contributed by atoms with E-state index in [1.807, 2.05) is 90.1 Å². The summed E-state index contributed by atoms with van der Waals surface area (Å²) in [5.41, 5.74) is 9.04. The van der Waals surface area contributed by atoms with Gasteiger partial charge in [0.15, 0.2) is 0 Å². The van der Waals surface area contributed by atoms with Crippen molar-refractivity contribution in [1.82, 2.24) is 0 Å². The maximum atomic E-state index is 13.8. The molecule has 1 heterocycles. The molecule has 162 valence electrons. The fraction of sp³-hybridized carbons (Fsp3) is 0.214. The number of amides is 2. The summed E-state index contributed by atoms with van der Waals surface area (Å²) < 4.78 is 0. The summed E-state index contributed by atoms with van der Waals surface area (Å²) in [5.74, 6) is -0.637. The third-order valence-corrected chi connectivity index (χ3v) is 5.98. The number of carbonyl (C=O) groups is 2. The molecular formula is C28H28N2O2. The van der Waals surface area contributed by atoms with Crippen molar-refractivity contribution >= 4 is 28.8 Å². The van der Waals surface area contributed by atoms with Crippen LogP contribution in [0.5, 0.6) is 0 Å². The molecule has 32 heavy (non-hydrogen) atoms. The Kier molecular flexibility index (Phi) is 5.47. The summed E-state index contributed by atoms with van der Waals surface area (Å²) in [4.78, 5) is 28.8. The van der Waals surface area contributed by atoms with Crippen molar-refractivity contribution in [2.24, 2.45) is 0 Å². The Morgan fingerprint density at radius 1 is 0.625 bits per heavy atom. The fourth-order valence-electron chi connectivity index (χ4n) is 4.26. The van der Waals surface area contributed by atoms with Gasteiger partial charge in [-0.1, -0.05) is 53.6 Å². The van der Waals surface area contributed by atoms with E-state index >= 15 is 0 Å². The molecule has 0 atom stereocenters. The van der Waals surface area contributed by atoms with Gasteiger partial charge in [-0.15, -0.1) is 0 Å². The smallest absolute Gasteiger partial charge is 0.282 e. The van der Waals surface area contributed by atoms with Gasteiger partial charge in [0.05, 0.1) is 11.3 Å². The van der Waals surface area contributed by atoms with Crippen LogP contribution in [0.15, 0.2) is 60.3 Å². The molecule has 0 radical (unpaired) electrons. The number of hydrogen-bond donors (Lipinski definition) is 1. The second-order valence-electron chi connectivity index (χ2n) is 8.75. The lowest BCUT2D eigenvalue weighted by atomic mass is 9.97. The summed E-state index contributed by atoms with van der Waals surface area (Å²) >= 11 is 0. The van der Waals surface area contributed by atoms with E-state index in [0.717, 1.165) is 44.6 Å². The highest BCUT2D eigenvalue weighted by Crippen LogP contribution is 2.37. The van der Waals surface area contributed by atoms with Gasteiger partial charge in [-0.3, -0.25) is 9.59 Å². The maximum Gasteiger partial charge on any atom is 0.282 e. The lowest BCUT2D eigenvalue weighted by Crippen LogP contribution is -2.33. The Balaban J connectivity index is 1.90. The molecule has 1 N–H and O–H groups in total. The molecule has 2 amide bonds. The van der Waals surface area contributed by atoms with Crippen LogP contribution in [0.3, 0.4) is 0 Å². The number of anilines is 2. The van der Waals surface area contributed by atoms with Gasteiger partial charge in [0.1, 0.15) is 5.70 Å². The van der Waals surface area contributed by atoms with Crippen molar-refractivity contribution in [3.63, 3.8) is 0 Å². The molecule has 0 fully saturated rings. The highest BCUT2D eigenvalue weighted by atomic mass is 16.2. The zero-order valence-electron chi connectivity index (χ0n) is 19.5. The second-order valence-corrected chi connectivity index (χ2v) is 8.75. The van der Waals surface area contributed by atoms with Crippen LogP contribution in [-0.4, -0.2) is 11.8 Å². The lowest BCUT2D eigenvalue weighted by Gasteiger charge is -2.19. The van der Waals surface area contributed by atoms with E-state index in [1.165, 1.54) is 4.90 Å². The molecule has 4 heteroatoms. The predicted molar refractivity (Wildman–Crippen MR) is 131 cm³/mol. The zero-order valence-corrected chi connectivity index (χ0v) is 19.5. The van der Waals surface area contributed by atoms with E-state index in [9.17, 15) is 9.59 Å². The first-order valence-electron chi connectivity index (χ1n) is 10.8. The summed E-state index contributed by atoms with van der Waals surface area (Å²) in [6, 6.07) is 17.8. The number of imide groups is 1. The van der Waals surface area contributed by atoms with E-state index in [-0.39, 0.29) is 11.8 Å². The van der Waals surface area contributed by atoms with E-state index in [4.69, 9.17) is 0 Å². The number of aryl methyl sites for hydroxylation is 6. The quantitative estimate of drug-likeness (QED) is 0.528. The van der Waals surface area contributed by atoms with Gasteiger partial charge >= 0.3 is 0 Å². The Labute approximate surface area is 189 Å². The molecule has 4 rings (SSSR count). The second kappa shape index (κ2) is 8.12. The van der Waals surface area contributed by atoms with Gasteiger partial charge < -0.3 is 5.32 Å². The zero-order chi connectivity index (χ0) is 23.2. The molecule has 0 unspecified atom stereocenters. The van der Waals surface area contributed by atoms with Gasteiger partial charge in [-0.25, -0.2) is 4.90 Å². The number of carbonyl (C=O) groups excluding carboxylic acids is 2. The fourth-order valence-corrected chi connectivity index (χ4v) is 4.26. The Morgan fingerprint density at radius 2 is 1.22 bits per heavy atom. The van der Waals surface area contributed by atoms with Crippen LogP contribution in [0.1, 0.15) is 38.9 Å². The van der Waals surface area contributed by atoms with Crippen LogP contribution in [0.4, 0.5) is 11.4 Å². The van der Waals surface area contributed by atoms with Gasteiger partial charge in [-0.2, -0.15) is 0 Å². The minimum Gasteiger partial charge on any atom is -0.350 e. The van der Waals surface area contributed by atoms with Crippen LogP contribution < -0.4 is 10.2 Å². The molecule has 0 aliphatic carbocycles. The number of nitrogens with one attached hydrogen (secondary N) is 1. The van der Waals surface area contributed by atoms with Crippen molar-refractivity contribution in [1.29, 1.82) is 0 Å². The predicted octanol–water partition coefficient (Wildman–Crippen LogP) is 5.93. The average Bonchev–Trinajstić information content (AvgIpc) is 2.96.